The quantitative estimate of drug-likeness (QED) is 0.893. The first kappa shape index (κ1) is 13.2. The van der Waals surface area contributed by atoms with Gasteiger partial charge in [0.15, 0.2) is 0 Å². The van der Waals surface area contributed by atoms with Crippen molar-refractivity contribution in [2.45, 2.75) is 19.4 Å². The van der Waals surface area contributed by atoms with Gasteiger partial charge in [0, 0.05) is 17.8 Å². The predicted molar refractivity (Wildman–Crippen MR) is 72.4 cm³/mol. The Bertz CT molecular complexity index is 474. The Kier molecular flexibility index (Phi) is 3.50. The van der Waals surface area contributed by atoms with E-state index in [0.717, 1.165) is 5.69 Å². The molecule has 1 heterocycles. The number of rotatable bonds is 2. The van der Waals surface area contributed by atoms with Gasteiger partial charge in [-0.25, -0.2) is 0 Å². The minimum absolute atomic E-state index is 0.0514. The lowest BCUT2D eigenvalue weighted by Crippen LogP contribution is -2.59. The first-order valence-corrected chi connectivity index (χ1v) is 6.20. The van der Waals surface area contributed by atoms with E-state index in [-0.39, 0.29) is 11.4 Å². The van der Waals surface area contributed by atoms with Crippen molar-refractivity contribution in [3.63, 3.8) is 0 Å². The second-order valence-corrected chi connectivity index (χ2v) is 5.44. The molecule has 18 heavy (non-hydrogen) atoms. The topological polar surface area (TPSA) is 41.6 Å². The second-order valence-electron chi connectivity index (χ2n) is 5.04. The lowest BCUT2D eigenvalue weighted by Gasteiger charge is -2.38. The van der Waals surface area contributed by atoms with E-state index in [4.69, 9.17) is 16.3 Å². The van der Waals surface area contributed by atoms with Crippen molar-refractivity contribution in [3.8, 4) is 5.75 Å². The maximum atomic E-state index is 11.9. The number of hydrogen-bond donors (Lipinski definition) is 1. The molecule has 0 spiro atoms. The number of carbonyl (C=O) groups is 1. The van der Waals surface area contributed by atoms with Gasteiger partial charge in [0.25, 0.3) is 0 Å². The summed E-state index contributed by atoms with van der Waals surface area (Å²) in [6, 6.07) is 5.39. The normalized spacial score (nSPS) is 18.9. The number of nitrogens with one attached hydrogen (secondary N) is 1. The van der Waals surface area contributed by atoms with Gasteiger partial charge in [-0.3, -0.25) is 4.79 Å². The molecule has 1 N–H and O–H groups in total. The molecule has 1 aliphatic rings. The minimum atomic E-state index is -0.0969. The molecule has 0 atom stereocenters. The minimum Gasteiger partial charge on any atom is -0.495 e. The van der Waals surface area contributed by atoms with Crippen LogP contribution in [0.2, 0.25) is 5.02 Å². The van der Waals surface area contributed by atoms with E-state index in [9.17, 15) is 4.79 Å². The third-order valence-corrected chi connectivity index (χ3v) is 3.32. The largest absolute Gasteiger partial charge is 0.495 e. The first-order chi connectivity index (χ1) is 8.43. The summed E-state index contributed by atoms with van der Waals surface area (Å²) in [6.45, 7) is 5.10. The Hall–Kier alpha value is -1.26. The van der Waals surface area contributed by atoms with Gasteiger partial charge < -0.3 is 15.0 Å². The number of nitrogens with zero attached hydrogens (tertiary/aromatic N) is 1. The van der Waals surface area contributed by atoms with E-state index < -0.39 is 0 Å². The molecule has 0 saturated carbocycles. The van der Waals surface area contributed by atoms with Gasteiger partial charge in [-0.15, -0.1) is 0 Å². The Morgan fingerprint density at radius 2 is 2.17 bits per heavy atom. The van der Waals surface area contributed by atoms with E-state index in [1.54, 1.807) is 24.1 Å². The zero-order valence-corrected chi connectivity index (χ0v) is 11.5. The van der Waals surface area contributed by atoms with Crippen molar-refractivity contribution in [2.75, 3.05) is 25.1 Å². The molecule has 4 nitrogen and oxygen atoms in total. The summed E-state index contributed by atoms with van der Waals surface area (Å²) in [4.78, 5) is 13.7. The summed E-state index contributed by atoms with van der Waals surface area (Å²) < 4.78 is 5.11. The van der Waals surface area contributed by atoms with E-state index in [0.29, 0.717) is 23.9 Å². The van der Waals surface area contributed by atoms with Crippen LogP contribution in [-0.4, -0.2) is 31.6 Å². The number of methoxy groups -OCH3 is 1. The van der Waals surface area contributed by atoms with Crippen LogP contribution < -0.4 is 15.0 Å². The average Bonchev–Trinajstić information content (AvgIpc) is 2.32. The van der Waals surface area contributed by atoms with Gasteiger partial charge in [-0.1, -0.05) is 11.6 Å². The van der Waals surface area contributed by atoms with E-state index >= 15 is 0 Å². The molecular weight excluding hydrogens is 252 g/mol. The highest BCUT2D eigenvalue weighted by Gasteiger charge is 2.31. The summed E-state index contributed by atoms with van der Waals surface area (Å²) in [5.74, 6) is 0.665. The predicted octanol–water partition coefficient (Wildman–Crippen LogP) is 2.06. The van der Waals surface area contributed by atoms with Crippen LogP contribution in [0, 0.1) is 0 Å². The fourth-order valence-electron chi connectivity index (χ4n) is 2.01. The van der Waals surface area contributed by atoms with Crippen LogP contribution in [-0.2, 0) is 4.79 Å². The van der Waals surface area contributed by atoms with Gasteiger partial charge in [-0.05, 0) is 32.0 Å². The third kappa shape index (κ3) is 2.60. The lowest BCUT2D eigenvalue weighted by atomic mass is 10.0. The van der Waals surface area contributed by atoms with Crippen LogP contribution >= 0.6 is 11.6 Å². The molecular formula is C13H17ClN2O2. The number of anilines is 1. The molecule has 1 saturated heterocycles. The van der Waals surface area contributed by atoms with E-state index in [1.165, 1.54) is 0 Å². The SMILES string of the molecule is COc1ccc(N2CC(C)(C)NCC2=O)cc1Cl. The molecule has 98 valence electrons. The van der Waals surface area contributed by atoms with Gasteiger partial charge >= 0.3 is 0 Å². The number of amides is 1. The standard InChI is InChI=1S/C13H17ClN2O2/c1-13(2)8-16(12(17)7-15-13)9-4-5-11(18-3)10(14)6-9/h4-6,15H,7-8H2,1-3H3. The molecule has 1 fully saturated rings. The van der Waals surface area contributed by atoms with Crippen molar-refractivity contribution >= 4 is 23.2 Å². The first-order valence-electron chi connectivity index (χ1n) is 5.82. The van der Waals surface area contributed by atoms with Crippen molar-refractivity contribution in [1.82, 2.24) is 5.32 Å². The summed E-state index contributed by atoms with van der Waals surface area (Å²) in [6.07, 6.45) is 0. The Morgan fingerprint density at radius 1 is 1.44 bits per heavy atom. The van der Waals surface area contributed by atoms with Crippen molar-refractivity contribution in [3.05, 3.63) is 23.2 Å². The highest BCUT2D eigenvalue weighted by Crippen LogP contribution is 2.30. The van der Waals surface area contributed by atoms with E-state index in [1.807, 2.05) is 6.07 Å². The van der Waals surface area contributed by atoms with E-state index in [2.05, 4.69) is 19.2 Å². The van der Waals surface area contributed by atoms with Crippen LogP contribution in [0.1, 0.15) is 13.8 Å². The van der Waals surface area contributed by atoms with Crippen molar-refractivity contribution < 1.29 is 9.53 Å². The van der Waals surface area contributed by atoms with Crippen LogP contribution in [0.3, 0.4) is 0 Å². The zero-order valence-electron chi connectivity index (χ0n) is 10.8. The lowest BCUT2D eigenvalue weighted by molar-refractivity contribution is -0.119. The molecule has 1 aliphatic heterocycles. The number of benzene rings is 1. The zero-order chi connectivity index (χ0) is 13.3. The van der Waals surface area contributed by atoms with Gasteiger partial charge in [0.05, 0.1) is 18.7 Å². The van der Waals surface area contributed by atoms with Crippen molar-refractivity contribution in [2.24, 2.45) is 0 Å². The molecule has 1 amide bonds. The average molecular weight is 269 g/mol. The third-order valence-electron chi connectivity index (χ3n) is 3.02. The number of halogens is 1. The summed E-state index contributed by atoms with van der Waals surface area (Å²) >= 11 is 6.09. The smallest absolute Gasteiger partial charge is 0.241 e. The maximum Gasteiger partial charge on any atom is 0.241 e. The molecule has 0 bridgehead atoms. The molecule has 1 aromatic rings. The molecule has 1 aromatic carbocycles. The highest BCUT2D eigenvalue weighted by atomic mass is 35.5. The Morgan fingerprint density at radius 3 is 2.78 bits per heavy atom. The molecule has 2 rings (SSSR count). The summed E-state index contributed by atoms with van der Waals surface area (Å²) in [5, 5.41) is 3.71. The summed E-state index contributed by atoms with van der Waals surface area (Å²) in [7, 11) is 1.57. The summed E-state index contributed by atoms with van der Waals surface area (Å²) in [5.41, 5.74) is 0.709. The number of hydrogen-bond acceptors (Lipinski definition) is 3. The molecule has 0 radical (unpaired) electrons. The molecule has 0 unspecified atom stereocenters. The van der Waals surface area contributed by atoms with Crippen LogP contribution in [0.25, 0.3) is 0 Å². The second kappa shape index (κ2) is 4.78. The van der Waals surface area contributed by atoms with Gasteiger partial charge in [0.1, 0.15) is 5.75 Å². The van der Waals surface area contributed by atoms with Crippen LogP contribution in [0.4, 0.5) is 5.69 Å². The maximum absolute atomic E-state index is 11.9. The van der Waals surface area contributed by atoms with Gasteiger partial charge in [-0.2, -0.15) is 0 Å². The van der Waals surface area contributed by atoms with Crippen molar-refractivity contribution in [1.29, 1.82) is 0 Å². The molecule has 0 aliphatic carbocycles. The van der Waals surface area contributed by atoms with Crippen LogP contribution in [0.5, 0.6) is 5.75 Å². The highest BCUT2D eigenvalue weighted by molar-refractivity contribution is 6.32. The van der Waals surface area contributed by atoms with Gasteiger partial charge in [0.2, 0.25) is 5.91 Å². The molecule has 5 heteroatoms. The number of ether oxygens (including phenoxy) is 1. The Labute approximate surface area is 112 Å². The Balaban J connectivity index is 2.29. The fraction of sp³-hybridized carbons (Fsp3) is 0.462. The monoisotopic (exact) mass is 268 g/mol. The van der Waals surface area contributed by atoms with Crippen LogP contribution in [0.15, 0.2) is 18.2 Å². The number of carbonyl (C=O) groups excluding carboxylic acids is 1. The number of piperazine rings is 1. The molecule has 0 aromatic heterocycles. The fourth-order valence-corrected chi connectivity index (χ4v) is 2.26.